The molecule has 12 heteroatoms. The first-order chi connectivity index (χ1) is 15.5. The minimum atomic E-state index is -0.749. The second-order valence-corrected chi connectivity index (χ2v) is 6.56. The number of H-pyrrole nitrogens is 1. The molecule has 0 aliphatic rings. The molecule has 0 unspecified atom stereocenters. The molecule has 0 saturated heterocycles. The van der Waals surface area contributed by atoms with Gasteiger partial charge in [-0.1, -0.05) is 0 Å². The van der Waals surface area contributed by atoms with Crippen LogP contribution in [0.25, 0.3) is 22.5 Å². The molecule has 0 aliphatic carbocycles. The normalized spacial score (nSPS) is 10.7. The lowest BCUT2D eigenvalue weighted by atomic mass is 10.0. The lowest BCUT2D eigenvalue weighted by Gasteiger charge is -2.12. The van der Waals surface area contributed by atoms with E-state index in [1.807, 2.05) is 0 Å². The van der Waals surface area contributed by atoms with Gasteiger partial charge in [-0.25, -0.2) is 28.7 Å². The van der Waals surface area contributed by atoms with Gasteiger partial charge in [0.05, 0.1) is 28.8 Å². The van der Waals surface area contributed by atoms with Gasteiger partial charge in [-0.05, 0) is 18.2 Å². The Morgan fingerprint density at radius 2 is 1.84 bits per heavy atom. The van der Waals surface area contributed by atoms with Crippen molar-refractivity contribution in [3.8, 4) is 22.5 Å². The number of anilines is 2. The number of nitro groups is 1. The molecule has 32 heavy (non-hydrogen) atoms. The molecule has 3 aromatic heterocycles. The van der Waals surface area contributed by atoms with Gasteiger partial charge in [0.1, 0.15) is 23.6 Å². The minimum Gasteiger partial charge on any atom is -0.368 e. The average molecular weight is 438 g/mol. The fourth-order valence-corrected chi connectivity index (χ4v) is 2.92. The molecule has 3 heterocycles. The Balaban J connectivity index is 1.49. The maximum absolute atomic E-state index is 14.5. The number of hydrogen-bond acceptors (Lipinski definition) is 8. The Morgan fingerprint density at radius 3 is 2.53 bits per heavy atom. The van der Waals surface area contributed by atoms with Crippen LogP contribution in [-0.2, 0) is 0 Å². The van der Waals surface area contributed by atoms with E-state index >= 15 is 0 Å². The molecule has 0 radical (unpaired) electrons. The van der Waals surface area contributed by atoms with Crippen LogP contribution in [0.5, 0.6) is 0 Å². The molecule has 0 aliphatic heterocycles. The van der Waals surface area contributed by atoms with E-state index in [1.165, 1.54) is 30.7 Å². The summed E-state index contributed by atoms with van der Waals surface area (Å²) in [5.41, 5.74) is 1.39. The number of hydrogen-bond donors (Lipinski definition) is 3. The Bertz CT molecular complexity index is 1230. The van der Waals surface area contributed by atoms with Gasteiger partial charge < -0.3 is 15.6 Å². The summed E-state index contributed by atoms with van der Waals surface area (Å²) < 4.78 is 27.8. The van der Waals surface area contributed by atoms with Gasteiger partial charge in [0.25, 0.3) is 5.69 Å². The van der Waals surface area contributed by atoms with Crippen LogP contribution in [0.1, 0.15) is 0 Å². The number of pyridine rings is 1. The van der Waals surface area contributed by atoms with Crippen molar-refractivity contribution in [3.63, 3.8) is 0 Å². The highest BCUT2D eigenvalue weighted by molar-refractivity contribution is 5.79. The number of benzene rings is 1. The van der Waals surface area contributed by atoms with Gasteiger partial charge in [-0.15, -0.1) is 0 Å². The van der Waals surface area contributed by atoms with Gasteiger partial charge in [-0.3, -0.25) is 10.1 Å². The highest BCUT2D eigenvalue weighted by Gasteiger charge is 2.16. The first kappa shape index (κ1) is 20.8. The number of imidazole rings is 1. The summed E-state index contributed by atoms with van der Waals surface area (Å²) >= 11 is 0. The van der Waals surface area contributed by atoms with E-state index in [-0.39, 0.29) is 22.9 Å². The topological polar surface area (TPSA) is 135 Å². The number of aromatic nitrogens is 5. The van der Waals surface area contributed by atoms with E-state index in [4.69, 9.17) is 0 Å². The number of halogens is 2. The van der Waals surface area contributed by atoms with Gasteiger partial charge in [0.2, 0.25) is 5.95 Å². The van der Waals surface area contributed by atoms with E-state index in [9.17, 15) is 18.9 Å². The summed E-state index contributed by atoms with van der Waals surface area (Å²) in [6, 6.07) is 6.12. The average Bonchev–Trinajstić information content (AvgIpc) is 3.32. The van der Waals surface area contributed by atoms with E-state index in [0.717, 1.165) is 18.3 Å². The second kappa shape index (κ2) is 9.12. The summed E-state index contributed by atoms with van der Waals surface area (Å²) in [4.78, 5) is 29.7. The summed E-state index contributed by atoms with van der Waals surface area (Å²) in [5.74, 6) is -0.721. The van der Waals surface area contributed by atoms with Crippen molar-refractivity contribution in [3.05, 3.63) is 77.0 Å². The molecule has 10 nitrogen and oxygen atoms in total. The van der Waals surface area contributed by atoms with Crippen molar-refractivity contribution >= 4 is 17.5 Å². The third kappa shape index (κ3) is 4.64. The first-order valence-corrected chi connectivity index (χ1v) is 9.40. The van der Waals surface area contributed by atoms with Gasteiger partial charge >= 0.3 is 0 Å². The molecule has 0 atom stereocenters. The predicted molar refractivity (Wildman–Crippen MR) is 113 cm³/mol. The molecular weight excluding hydrogens is 422 g/mol. The molecule has 0 saturated carbocycles. The first-order valence-electron chi connectivity index (χ1n) is 9.40. The van der Waals surface area contributed by atoms with Crippen LogP contribution >= 0.6 is 0 Å². The van der Waals surface area contributed by atoms with E-state index in [1.54, 1.807) is 6.20 Å². The molecular formula is C20H16F2N8O2. The third-order valence-electron chi connectivity index (χ3n) is 4.44. The lowest BCUT2D eigenvalue weighted by molar-refractivity contribution is -0.385. The minimum absolute atomic E-state index is 0.0972. The van der Waals surface area contributed by atoms with Crippen LogP contribution in [0.3, 0.4) is 0 Å². The molecule has 0 amide bonds. The SMILES string of the molecule is O=[N+]([O-])c1ccc(NCCNc2ncc(-c3cnc[nH]3)c(-c3ccc(F)cc3F)n2)nc1. The van der Waals surface area contributed by atoms with Crippen molar-refractivity contribution in [2.24, 2.45) is 0 Å². The van der Waals surface area contributed by atoms with Crippen LogP contribution < -0.4 is 10.6 Å². The van der Waals surface area contributed by atoms with Crippen molar-refractivity contribution in [2.45, 2.75) is 0 Å². The van der Waals surface area contributed by atoms with Gasteiger partial charge in [0, 0.05) is 42.5 Å². The quantitative estimate of drug-likeness (QED) is 0.216. The lowest BCUT2D eigenvalue weighted by Crippen LogP contribution is -2.16. The van der Waals surface area contributed by atoms with Gasteiger partial charge in [0.15, 0.2) is 0 Å². The van der Waals surface area contributed by atoms with Crippen LogP contribution in [0.15, 0.2) is 55.2 Å². The van der Waals surface area contributed by atoms with E-state index in [2.05, 4.69) is 35.6 Å². The Kier molecular flexibility index (Phi) is 5.92. The zero-order valence-corrected chi connectivity index (χ0v) is 16.4. The summed E-state index contributed by atoms with van der Waals surface area (Å²) in [6.07, 6.45) is 5.71. The number of rotatable bonds is 8. The molecule has 3 N–H and O–H groups in total. The monoisotopic (exact) mass is 438 g/mol. The highest BCUT2D eigenvalue weighted by atomic mass is 19.1. The number of aromatic amines is 1. The second-order valence-electron chi connectivity index (χ2n) is 6.56. The predicted octanol–water partition coefficient (Wildman–Crippen LogP) is 3.64. The Hall–Kier alpha value is -4.48. The highest BCUT2D eigenvalue weighted by Crippen LogP contribution is 2.31. The summed E-state index contributed by atoms with van der Waals surface area (Å²) in [6.45, 7) is 0.796. The maximum atomic E-state index is 14.5. The van der Waals surface area contributed by atoms with Crippen LogP contribution in [0, 0.1) is 21.7 Å². The molecule has 0 fully saturated rings. The fourth-order valence-electron chi connectivity index (χ4n) is 2.92. The Morgan fingerprint density at radius 1 is 1.00 bits per heavy atom. The van der Waals surface area contributed by atoms with Crippen molar-refractivity contribution in [1.82, 2.24) is 24.9 Å². The number of nitrogens with one attached hydrogen (secondary N) is 3. The third-order valence-corrected chi connectivity index (χ3v) is 4.44. The van der Waals surface area contributed by atoms with Crippen molar-refractivity contribution in [1.29, 1.82) is 0 Å². The van der Waals surface area contributed by atoms with Crippen LogP contribution in [-0.4, -0.2) is 42.9 Å². The summed E-state index contributed by atoms with van der Waals surface area (Å²) in [7, 11) is 0. The molecule has 0 bridgehead atoms. The molecule has 1 aromatic carbocycles. The molecule has 4 rings (SSSR count). The van der Waals surface area contributed by atoms with Crippen LogP contribution in [0.4, 0.5) is 26.2 Å². The van der Waals surface area contributed by atoms with Crippen molar-refractivity contribution in [2.75, 3.05) is 23.7 Å². The molecule has 4 aromatic rings. The zero-order valence-electron chi connectivity index (χ0n) is 16.4. The largest absolute Gasteiger partial charge is 0.368 e. The maximum Gasteiger partial charge on any atom is 0.287 e. The summed E-state index contributed by atoms with van der Waals surface area (Å²) in [5, 5.41) is 16.7. The zero-order chi connectivity index (χ0) is 22.5. The standard InChI is InChI=1S/C20H16F2N8O2/c21-12-1-3-14(16(22)7-12)19-15(17-10-23-11-28-17)9-27-20(29-19)25-6-5-24-18-4-2-13(8-26-18)30(31)32/h1-4,7-11H,5-6H2,(H,23,28)(H,24,26)(H,25,27,29). The van der Waals surface area contributed by atoms with Gasteiger partial charge in [-0.2, -0.15) is 0 Å². The fraction of sp³-hybridized carbons (Fsp3) is 0.100. The van der Waals surface area contributed by atoms with Crippen molar-refractivity contribution < 1.29 is 13.7 Å². The van der Waals surface area contributed by atoms with E-state index < -0.39 is 16.6 Å². The Labute approximate surface area is 180 Å². The number of nitrogens with zero attached hydrogens (tertiary/aromatic N) is 5. The smallest absolute Gasteiger partial charge is 0.287 e. The molecule has 162 valence electrons. The van der Waals surface area contributed by atoms with Crippen LogP contribution in [0.2, 0.25) is 0 Å². The molecule has 0 spiro atoms. The van der Waals surface area contributed by atoms with E-state index in [0.29, 0.717) is 30.2 Å².